The quantitative estimate of drug-likeness (QED) is 0.653. The van der Waals surface area contributed by atoms with Crippen LogP contribution < -0.4 is 10.1 Å². The molecule has 0 heterocycles. The Bertz CT molecular complexity index is 462. The summed E-state index contributed by atoms with van der Waals surface area (Å²) in [7, 11) is 1.51. The number of benzene rings is 1. The third-order valence-corrected chi connectivity index (χ3v) is 3.79. The van der Waals surface area contributed by atoms with Gasteiger partial charge in [-0.1, -0.05) is 13.3 Å². The van der Waals surface area contributed by atoms with Crippen LogP contribution in [0, 0.1) is 22.0 Å². The molecule has 2 rings (SSSR count). The van der Waals surface area contributed by atoms with Crippen LogP contribution >= 0.6 is 0 Å². The standard InChI is InChI=1S/C14H20N2O3/c1-10-3-4-11(7-10)9-15-13-6-5-12(19-2)8-14(13)16(17)18/h5-6,8,10-11,15H,3-4,7,9H2,1-2H3. The van der Waals surface area contributed by atoms with E-state index in [9.17, 15) is 10.1 Å². The van der Waals surface area contributed by atoms with E-state index >= 15 is 0 Å². The largest absolute Gasteiger partial charge is 0.496 e. The van der Waals surface area contributed by atoms with E-state index < -0.39 is 0 Å². The smallest absolute Gasteiger partial charge is 0.296 e. The van der Waals surface area contributed by atoms with E-state index in [1.165, 1.54) is 32.4 Å². The first-order chi connectivity index (χ1) is 9.10. The summed E-state index contributed by atoms with van der Waals surface area (Å²) < 4.78 is 5.02. The van der Waals surface area contributed by atoms with Crippen molar-refractivity contribution < 1.29 is 9.66 Å². The Hall–Kier alpha value is -1.78. The van der Waals surface area contributed by atoms with Gasteiger partial charge in [0, 0.05) is 6.54 Å². The van der Waals surface area contributed by atoms with Gasteiger partial charge in [0.05, 0.1) is 18.1 Å². The first kappa shape index (κ1) is 13.6. The van der Waals surface area contributed by atoms with E-state index in [-0.39, 0.29) is 10.6 Å². The van der Waals surface area contributed by atoms with Gasteiger partial charge in [-0.3, -0.25) is 10.1 Å². The molecule has 1 aliphatic carbocycles. The van der Waals surface area contributed by atoms with E-state index in [4.69, 9.17) is 4.74 Å². The second kappa shape index (κ2) is 5.91. The lowest BCUT2D eigenvalue weighted by Crippen LogP contribution is -2.12. The van der Waals surface area contributed by atoms with Crippen molar-refractivity contribution in [3.63, 3.8) is 0 Å². The average molecular weight is 264 g/mol. The molecule has 1 fully saturated rings. The van der Waals surface area contributed by atoms with Crippen molar-refractivity contribution in [1.82, 2.24) is 0 Å². The van der Waals surface area contributed by atoms with Crippen LogP contribution in [-0.2, 0) is 0 Å². The lowest BCUT2D eigenvalue weighted by molar-refractivity contribution is -0.384. The van der Waals surface area contributed by atoms with Gasteiger partial charge in [0.25, 0.3) is 5.69 Å². The van der Waals surface area contributed by atoms with Crippen molar-refractivity contribution in [2.75, 3.05) is 19.0 Å². The summed E-state index contributed by atoms with van der Waals surface area (Å²) >= 11 is 0. The zero-order valence-electron chi connectivity index (χ0n) is 11.4. The molecule has 0 radical (unpaired) electrons. The maximum Gasteiger partial charge on any atom is 0.296 e. The fourth-order valence-corrected chi connectivity index (χ4v) is 2.70. The minimum atomic E-state index is -0.373. The molecule has 0 spiro atoms. The third-order valence-electron chi connectivity index (χ3n) is 3.79. The molecule has 104 valence electrons. The zero-order valence-corrected chi connectivity index (χ0v) is 11.4. The van der Waals surface area contributed by atoms with Crippen molar-refractivity contribution in [2.24, 2.45) is 11.8 Å². The Morgan fingerprint density at radius 3 is 2.84 bits per heavy atom. The lowest BCUT2D eigenvalue weighted by Gasteiger charge is -2.13. The Morgan fingerprint density at radius 1 is 1.47 bits per heavy atom. The summed E-state index contributed by atoms with van der Waals surface area (Å²) in [5.74, 6) is 1.90. The molecule has 19 heavy (non-hydrogen) atoms. The highest BCUT2D eigenvalue weighted by molar-refractivity contribution is 5.63. The van der Waals surface area contributed by atoms with Crippen LogP contribution in [0.2, 0.25) is 0 Å². The van der Waals surface area contributed by atoms with Crippen LogP contribution in [0.1, 0.15) is 26.2 Å². The molecule has 1 aromatic rings. The third kappa shape index (κ3) is 3.36. The molecule has 1 aromatic carbocycles. The van der Waals surface area contributed by atoms with Crippen LogP contribution in [-0.4, -0.2) is 18.6 Å². The Morgan fingerprint density at radius 2 is 2.26 bits per heavy atom. The highest BCUT2D eigenvalue weighted by Crippen LogP contribution is 2.33. The molecule has 0 saturated heterocycles. The summed E-state index contributed by atoms with van der Waals surface area (Å²) in [6, 6.07) is 4.92. The van der Waals surface area contributed by atoms with Gasteiger partial charge in [-0.05, 0) is 36.8 Å². The average Bonchev–Trinajstić information content (AvgIpc) is 2.82. The minimum Gasteiger partial charge on any atom is -0.496 e. The number of anilines is 1. The zero-order chi connectivity index (χ0) is 13.8. The van der Waals surface area contributed by atoms with E-state index in [1.807, 2.05) is 0 Å². The highest BCUT2D eigenvalue weighted by atomic mass is 16.6. The molecular formula is C14H20N2O3. The Balaban J connectivity index is 2.04. The Labute approximate surface area is 113 Å². The monoisotopic (exact) mass is 264 g/mol. The molecule has 2 unspecified atom stereocenters. The van der Waals surface area contributed by atoms with Gasteiger partial charge in [-0.2, -0.15) is 0 Å². The molecule has 0 aliphatic heterocycles. The second-order valence-corrected chi connectivity index (χ2v) is 5.31. The van der Waals surface area contributed by atoms with E-state index in [2.05, 4.69) is 12.2 Å². The Kier molecular flexibility index (Phi) is 4.24. The molecule has 1 saturated carbocycles. The van der Waals surface area contributed by atoms with Crippen molar-refractivity contribution >= 4 is 11.4 Å². The van der Waals surface area contributed by atoms with Gasteiger partial charge in [0.15, 0.2) is 0 Å². The number of nitrogens with zero attached hydrogens (tertiary/aromatic N) is 1. The van der Waals surface area contributed by atoms with Crippen molar-refractivity contribution in [3.8, 4) is 5.75 Å². The number of rotatable bonds is 5. The number of methoxy groups -OCH3 is 1. The second-order valence-electron chi connectivity index (χ2n) is 5.31. The van der Waals surface area contributed by atoms with Crippen molar-refractivity contribution in [3.05, 3.63) is 28.3 Å². The summed E-state index contributed by atoms with van der Waals surface area (Å²) in [6.07, 6.45) is 3.67. The van der Waals surface area contributed by atoms with Crippen LogP contribution in [0.3, 0.4) is 0 Å². The fraction of sp³-hybridized carbons (Fsp3) is 0.571. The molecular weight excluding hydrogens is 244 g/mol. The predicted molar refractivity (Wildman–Crippen MR) is 74.6 cm³/mol. The first-order valence-electron chi connectivity index (χ1n) is 6.66. The summed E-state index contributed by atoms with van der Waals surface area (Å²) in [6.45, 7) is 3.06. The SMILES string of the molecule is COc1ccc(NCC2CCC(C)C2)c([N+](=O)[O-])c1. The molecule has 5 nitrogen and oxygen atoms in total. The van der Waals surface area contributed by atoms with Gasteiger partial charge < -0.3 is 10.1 Å². The van der Waals surface area contributed by atoms with Crippen LogP contribution in [0.15, 0.2) is 18.2 Å². The molecule has 5 heteroatoms. The molecule has 0 amide bonds. The number of ether oxygens (including phenoxy) is 1. The number of hydrogen-bond acceptors (Lipinski definition) is 4. The van der Waals surface area contributed by atoms with Crippen molar-refractivity contribution in [2.45, 2.75) is 26.2 Å². The first-order valence-corrected chi connectivity index (χ1v) is 6.66. The topological polar surface area (TPSA) is 64.4 Å². The van der Waals surface area contributed by atoms with Gasteiger partial charge in [-0.25, -0.2) is 0 Å². The number of hydrogen-bond donors (Lipinski definition) is 1. The fourth-order valence-electron chi connectivity index (χ4n) is 2.70. The van der Waals surface area contributed by atoms with Gasteiger partial charge >= 0.3 is 0 Å². The van der Waals surface area contributed by atoms with Crippen LogP contribution in [0.4, 0.5) is 11.4 Å². The molecule has 0 aromatic heterocycles. The highest BCUT2D eigenvalue weighted by Gasteiger charge is 2.22. The van der Waals surface area contributed by atoms with Crippen LogP contribution in [0.5, 0.6) is 5.75 Å². The van der Waals surface area contributed by atoms with Gasteiger partial charge in [0.1, 0.15) is 11.4 Å². The van der Waals surface area contributed by atoms with Crippen LogP contribution in [0.25, 0.3) is 0 Å². The van der Waals surface area contributed by atoms with Gasteiger partial charge in [-0.15, -0.1) is 0 Å². The minimum absolute atomic E-state index is 0.0744. The van der Waals surface area contributed by atoms with Crippen molar-refractivity contribution in [1.29, 1.82) is 0 Å². The number of nitrogens with one attached hydrogen (secondary N) is 1. The predicted octanol–water partition coefficient (Wildman–Crippen LogP) is 3.45. The molecule has 2 atom stereocenters. The number of nitro benzene ring substituents is 1. The summed E-state index contributed by atoms with van der Waals surface area (Å²) in [5, 5.41) is 14.3. The maximum absolute atomic E-state index is 11.0. The van der Waals surface area contributed by atoms with Gasteiger partial charge in [0.2, 0.25) is 0 Å². The molecule has 1 N–H and O–H groups in total. The molecule has 1 aliphatic rings. The maximum atomic E-state index is 11.0. The number of nitro groups is 1. The van der Waals surface area contributed by atoms with E-state index in [1.54, 1.807) is 12.1 Å². The van der Waals surface area contributed by atoms with E-state index in [0.717, 1.165) is 12.5 Å². The molecule has 0 bridgehead atoms. The summed E-state index contributed by atoms with van der Waals surface area (Å²) in [5.41, 5.74) is 0.649. The van der Waals surface area contributed by atoms with E-state index in [0.29, 0.717) is 17.4 Å². The summed E-state index contributed by atoms with van der Waals surface area (Å²) in [4.78, 5) is 10.7. The lowest BCUT2D eigenvalue weighted by atomic mass is 10.1. The normalized spacial score (nSPS) is 22.2.